The number of ether oxygens (including phenoxy) is 2. The largest absolute Gasteiger partial charge is 0.496 e. The van der Waals surface area contributed by atoms with Crippen LogP contribution in [0.1, 0.15) is 34.6 Å². The summed E-state index contributed by atoms with van der Waals surface area (Å²) >= 11 is 1.36. The second-order valence-corrected chi connectivity index (χ2v) is 6.66. The van der Waals surface area contributed by atoms with Crippen molar-refractivity contribution in [2.24, 2.45) is 4.99 Å². The molecule has 6 nitrogen and oxygen atoms in total. The van der Waals surface area contributed by atoms with Crippen molar-refractivity contribution in [3.63, 3.8) is 0 Å². The Morgan fingerprint density at radius 1 is 1.15 bits per heavy atom. The number of amides is 1. The smallest absolute Gasteiger partial charge is 0.338 e. The molecular formula is C20H20N2O4S. The van der Waals surface area contributed by atoms with Gasteiger partial charge in [-0.25, -0.2) is 4.79 Å². The molecule has 0 aliphatic heterocycles. The Balaban J connectivity index is 2.09. The maximum atomic E-state index is 12.7. The molecule has 3 aromatic rings. The SMILES string of the molecule is CCOC(=O)c1ccc2c(c1)sc(=NC(=O)c1ccccc1OC)n2CC. The highest BCUT2D eigenvalue weighted by Crippen LogP contribution is 2.21. The maximum Gasteiger partial charge on any atom is 0.338 e. The summed E-state index contributed by atoms with van der Waals surface area (Å²) in [6.45, 7) is 4.73. The van der Waals surface area contributed by atoms with Crippen LogP contribution < -0.4 is 9.54 Å². The summed E-state index contributed by atoms with van der Waals surface area (Å²) in [4.78, 5) is 29.5. The minimum Gasteiger partial charge on any atom is -0.496 e. The molecule has 27 heavy (non-hydrogen) atoms. The number of hydrogen-bond donors (Lipinski definition) is 0. The van der Waals surface area contributed by atoms with Gasteiger partial charge in [0.1, 0.15) is 5.75 Å². The van der Waals surface area contributed by atoms with E-state index in [-0.39, 0.29) is 11.9 Å². The van der Waals surface area contributed by atoms with Gasteiger partial charge in [-0.2, -0.15) is 4.99 Å². The van der Waals surface area contributed by atoms with E-state index in [1.807, 2.05) is 17.6 Å². The van der Waals surface area contributed by atoms with Gasteiger partial charge in [0.05, 0.1) is 35.1 Å². The minimum atomic E-state index is -0.369. The first-order valence-electron chi connectivity index (χ1n) is 8.61. The topological polar surface area (TPSA) is 69.9 Å². The number of carbonyl (C=O) groups is 2. The Morgan fingerprint density at radius 3 is 2.63 bits per heavy atom. The lowest BCUT2D eigenvalue weighted by Crippen LogP contribution is -2.16. The molecule has 0 fully saturated rings. The zero-order valence-corrected chi connectivity index (χ0v) is 16.2. The van der Waals surface area contributed by atoms with Crippen LogP contribution in [0.25, 0.3) is 10.2 Å². The average molecular weight is 384 g/mol. The first kappa shape index (κ1) is 18.8. The first-order chi connectivity index (χ1) is 13.1. The summed E-state index contributed by atoms with van der Waals surface area (Å²) in [6, 6.07) is 12.4. The van der Waals surface area contributed by atoms with Gasteiger partial charge < -0.3 is 14.0 Å². The van der Waals surface area contributed by atoms with Crippen molar-refractivity contribution in [2.75, 3.05) is 13.7 Å². The quantitative estimate of drug-likeness (QED) is 0.630. The number of nitrogens with zero attached hydrogens (tertiary/aromatic N) is 2. The van der Waals surface area contributed by atoms with E-state index in [0.717, 1.165) is 10.2 Å². The highest BCUT2D eigenvalue weighted by atomic mass is 32.1. The van der Waals surface area contributed by atoms with Gasteiger partial charge >= 0.3 is 5.97 Å². The molecule has 0 N–H and O–H groups in total. The lowest BCUT2D eigenvalue weighted by Gasteiger charge is -2.04. The third-order valence-electron chi connectivity index (χ3n) is 4.04. The van der Waals surface area contributed by atoms with Crippen molar-refractivity contribution in [3.8, 4) is 5.75 Å². The van der Waals surface area contributed by atoms with Crippen molar-refractivity contribution in [3.05, 3.63) is 58.4 Å². The van der Waals surface area contributed by atoms with Crippen LogP contribution in [0, 0.1) is 0 Å². The van der Waals surface area contributed by atoms with Gasteiger partial charge in [0, 0.05) is 6.54 Å². The molecule has 0 aliphatic carbocycles. The van der Waals surface area contributed by atoms with Gasteiger partial charge in [-0.3, -0.25) is 4.79 Å². The fraction of sp³-hybridized carbons (Fsp3) is 0.250. The summed E-state index contributed by atoms with van der Waals surface area (Å²) in [6.07, 6.45) is 0. The summed E-state index contributed by atoms with van der Waals surface area (Å²) in [7, 11) is 1.52. The number of aryl methyl sites for hydroxylation is 1. The number of carbonyl (C=O) groups excluding carboxylic acids is 2. The number of para-hydroxylation sites is 1. The summed E-state index contributed by atoms with van der Waals surface area (Å²) < 4.78 is 13.1. The number of esters is 1. The van der Waals surface area contributed by atoms with E-state index in [1.165, 1.54) is 18.4 Å². The molecule has 0 atom stereocenters. The van der Waals surface area contributed by atoms with Crippen molar-refractivity contribution >= 4 is 33.4 Å². The molecule has 3 rings (SSSR count). The van der Waals surface area contributed by atoms with Crippen LogP contribution in [0.15, 0.2) is 47.5 Å². The number of hydrogen-bond acceptors (Lipinski definition) is 5. The van der Waals surface area contributed by atoms with E-state index >= 15 is 0 Å². The highest BCUT2D eigenvalue weighted by Gasteiger charge is 2.14. The maximum absolute atomic E-state index is 12.7. The molecule has 0 spiro atoms. The Kier molecular flexibility index (Phi) is 5.71. The van der Waals surface area contributed by atoms with Crippen LogP contribution in [0.5, 0.6) is 5.75 Å². The average Bonchev–Trinajstić information content (AvgIpc) is 3.03. The molecule has 0 bridgehead atoms. The summed E-state index contributed by atoms with van der Waals surface area (Å²) in [5, 5.41) is 0. The van der Waals surface area contributed by atoms with Crippen molar-refractivity contribution < 1.29 is 19.1 Å². The van der Waals surface area contributed by atoms with Crippen molar-refractivity contribution in [1.29, 1.82) is 0 Å². The van der Waals surface area contributed by atoms with E-state index in [4.69, 9.17) is 9.47 Å². The normalized spacial score (nSPS) is 11.6. The van der Waals surface area contributed by atoms with E-state index in [2.05, 4.69) is 4.99 Å². The number of methoxy groups -OCH3 is 1. The van der Waals surface area contributed by atoms with E-state index in [9.17, 15) is 9.59 Å². The molecule has 0 unspecified atom stereocenters. The zero-order chi connectivity index (χ0) is 19.4. The Labute approximate surface area is 160 Å². The first-order valence-corrected chi connectivity index (χ1v) is 9.43. The molecule has 0 saturated heterocycles. The molecule has 1 aromatic heterocycles. The number of benzene rings is 2. The monoisotopic (exact) mass is 384 g/mol. The van der Waals surface area contributed by atoms with Gasteiger partial charge in [0.2, 0.25) is 0 Å². The molecule has 0 aliphatic rings. The van der Waals surface area contributed by atoms with Crippen LogP contribution in [-0.4, -0.2) is 30.2 Å². The number of aromatic nitrogens is 1. The minimum absolute atomic E-state index is 0.324. The van der Waals surface area contributed by atoms with Crippen LogP contribution in [-0.2, 0) is 11.3 Å². The highest BCUT2D eigenvalue weighted by molar-refractivity contribution is 7.16. The second-order valence-electron chi connectivity index (χ2n) is 5.65. The summed E-state index contributed by atoms with van der Waals surface area (Å²) in [5.41, 5.74) is 1.81. The molecular weight excluding hydrogens is 364 g/mol. The third-order valence-corrected chi connectivity index (χ3v) is 5.09. The molecule has 7 heteroatoms. The van der Waals surface area contributed by atoms with Gasteiger partial charge in [0.15, 0.2) is 4.80 Å². The second kappa shape index (κ2) is 8.18. The van der Waals surface area contributed by atoms with Gasteiger partial charge in [-0.1, -0.05) is 23.5 Å². The van der Waals surface area contributed by atoms with Crippen LogP contribution in [0.3, 0.4) is 0 Å². The van der Waals surface area contributed by atoms with E-state index in [0.29, 0.717) is 34.8 Å². The Bertz CT molecular complexity index is 1070. The number of thiazole rings is 1. The van der Waals surface area contributed by atoms with Crippen molar-refractivity contribution in [1.82, 2.24) is 4.57 Å². The van der Waals surface area contributed by atoms with E-state index < -0.39 is 0 Å². The molecule has 1 amide bonds. The molecule has 2 aromatic carbocycles. The van der Waals surface area contributed by atoms with Crippen LogP contribution >= 0.6 is 11.3 Å². The lowest BCUT2D eigenvalue weighted by molar-refractivity contribution is 0.0526. The van der Waals surface area contributed by atoms with Gasteiger partial charge in [0.25, 0.3) is 5.91 Å². The number of fused-ring (bicyclic) bond motifs is 1. The fourth-order valence-electron chi connectivity index (χ4n) is 2.77. The zero-order valence-electron chi connectivity index (χ0n) is 15.4. The molecule has 0 saturated carbocycles. The Hall–Kier alpha value is -2.93. The predicted octanol–water partition coefficient (Wildman–Crippen LogP) is 3.65. The van der Waals surface area contributed by atoms with Gasteiger partial charge in [-0.15, -0.1) is 0 Å². The molecule has 0 radical (unpaired) electrons. The third kappa shape index (κ3) is 3.78. The summed E-state index contributed by atoms with van der Waals surface area (Å²) in [5.74, 6) is -0.244. The lowest BCUT2D eigenvalue weighted by atomic mass is 10.2. The Morgan fingerprint density at radius 2 is 1.93 bits per heavy atom. The number of rotatable bonds is 5. The van der Waals surface area contributed by atoms with Crippen LogP contribution in [0.2, 0.25) is 0 Å². The predicted molar refractivity (Wildman–Crippen MR) is 104 cm³/mol. The molecule has 1 heterocycles. The fourth-order valence-corrected chi connectivity index (χ4v) is 3.91. The van der Waals surface area contributed by atoms with Gasteiger partial charge in [-0.05, 0) is 44.2 Å². The standard InChI is InChI=1S/C20H20N2O4S/c1-4-22-15-11-10-13(19(24)26-5-2)12-17(15)27-20(22)21-18(23)14-8-6-7-9-16(14)25-3/h6-12H,4-5H2,1-3H3. The van der Waals surface area contributed by atoms with Crippen LogP contribution in [0.4, 0.5) is 0 Å². The molecule has 140 valence electrons. The van der Waals surface area contributed by atoms with Crippen molar-refractivity contribution in [2.45, 2.75) is 20.4 Å². The van der Waals surface area contributed by atoms with E-state index in [1.54, 1.807) is 43.3 Å².